The number of hydrogen-bond acceptors (Lipinski definition) is 0. The minimum absolute atomic E-state index is 0. The van der Waals surface area contributed by atoms with E-state index in [2.05, 4.69) is 13.8 Å². The van der Waals surface area contributed by atoms with Crippen LogP contribution in [0.15, 0.2) is 0 Å². The molecule has 0 aliphatic rings. The van der Waals surface area contributed by atoms with E-state index in [0.29, 0.717) is 0 Å². The van der Waals surface area contributed by atoms with E-state index in [0.717, 1.165) is 0 Å². The molecule has 0 rings (SSSR count). The second kappa shape index (κ2) is 9.29. The molecular formula is C4H14P2. The Morgan fingerprint density at radius 1 is 1.17 bits per heavy atom. The third-order valence-corrected chi connectivity index (χ3v) is 1.50. The third kappa shape index (κ3) is 8.85. The van der Waals surface area contributed by atoms with Gasteiger partial charge in [-0.25, -0.2) is 0 Å². The fourth-order valence-electron chi connectivity index (χ4n) is 0.250. The van der Waals surface area contributed by atoms with E-state index in [1.807, 2.05) is 0 Å². The van der Waals surface area contributed by atoms with Gasteiger partial charge in [0, 0.05) is 0 Å². The van der Waals surface area contributed by atoms with Crippen LogP contribution in [0.25, 0.3) is 0 Å². The van der Waals surface area contributed by atoms with Gasteiger partial charge in [0.15, 0.2) is 0 Å². The van der Waals surface area contributed by atoms with E-state index in [1.54, 1.807) is 0 Å². The third-order valence-electron chi connectivity index (χ3n) is 0.500. The molecule has 1 atom stereocenters. The Morgan fingerprint density at radius 3 is 1.50 bits per heavy atom. The molecule has 0 aliphatic heterocycles. The first kappa shape index (κ1) is 9.97. The number of hydrogen-bond donors (Lipinski definition) is 0. The molecule has 0 spiro atoms. The highest BCUT2D eigenvalue weighted by molar-refractivity contribution is 7.37. The maximum atomic E-state index is 2.22. The molecule has 0 nitrogen and oxygen atoms in total. The van der Waals surface area contributed by atoms with Crippen molar-refractivity contribution in [1.29, 1.82) is 0 Å². The van der Waals surface area contributed by atoms with E-state index in [1.165, 1.54) is 20.9 Å². The molecule has 40 valence electrons. The Labute approximate surface area is 45.5 Å². The summed E-state index contributed by atoms with van der Waals surface area (Å²) < 4.78 is 0. The molecule has 0 saturated heterocycles. The Morgan fingerprint density at radius 2 is 1.50 bits per heavy atom. The second-order valence-corrected chi connectivity index (χ2v) is 2.87. The van der Waals surface area contributed by atoms with Crippen LogP contribution in [0.5, 0.6) is 0 Å². The predicted molar refractivity (Wildman–Crippen MR) is 40.5 cm³/mol. The zero-order valence-corrected chi connectivity index (χ0v) is 7.04. The summed E-state index contributed by atoms with van der Waals surface area (Å²) in [5.74, 6) is 0. The van der Waals surface area contributed by atoms with Crippen LogP contribution in [-0.2, 0) is 0 Å². The van der Waals surface area contributed by atoms with Crippen LogP contribution < -0.4 is 0 Å². The van der Waals surface area contributed by atoms with E-state index in [9.17, 15) is 0 Å². The lowest BCUT2D eigenvalue weighted by Gasteiger charge is -1.80. The highest BCUT2D eigenvalue weighted by Crippen LogP contribution is 2.03. The van der Waals surface area contributed by atoms with Gasteiger partial charge in [-0.3, -0.25) is 0 Å². The maximum absolute atomic E-state index is 2.22. The largest absolute Gasteiger partial charge is 0.153 e. The van der Waals surface area contributed by atoms with Gasteiger partial charge in [0.2, 0.25) is 0 Å². The monoisotopic (exact) mass is 124 g/mol. The van der Waals surface area contributed by atoms with Gasteiger partial charge in [-0.15, -0.1) is 8.58 Å². The maximum Gasteiger partial charge on any atom is -0.0382 e. The van der Waals surface area contributed by atoms with Gasteiger partial charge in [0.05, 0.1) is 0 Å². The minimum atomic E-state index is 0. The first-order valence-electron chi connectivity index (χ1n) is 2.12. The molecule has 0 fully saturated rings. The summed E-state index contributed by atoms with van der Waals surface area (Å²) in [5.41, 5.74) is 0. The van der Waals surface area contributed by atoms with E-state index >= 15 is 0 Å². The lowest BCUT2D eigenvalue weighted by atomic mass is 11.0. The smallest absolute Gasteiger partial charge is 0.0382 e. The molecule has 0 aromatic carbocycles. The van der Waals surface area contributed by atoms with Gasteiger partial charge in [0.1, 0.15) is 0 Å². The standard InChI is InChI=1S/C4H11P.H3P/c1-3-5-4-2;/h5H,3-4H2,1-2H3;1H3. The van der Waals surface area contributed by atoms with Crippen LogP contribution in [0.4, 0.5) is 0 Å². The van der Waals surface area contributed by atoms with Gasteiger partial charge in [-0.1, -0.05) is 13.8 Å². The first-order chi connectivity index (χ1) is 2.41. The Bertz CT molecular complexity index is 13.0. The van der Waals surface area contributed by atoms with Crippen molar-refractivity contribution in [1.82, 2.24) is 0 Å². The van der Waals surface area contributed by atoms with E-state index in [4.69, 9.17) is 0 Å². The van der Waals surface area contributed by atoms with Crippen molar-refractivity contribution in [3.05, 3.63) is 0 Å². The summed E-state index contributed by atoms with van der Waals surface area (Å²) in [4.78, 5) is 0. The van der Waals surface area contributed by atoms with Crippen molar-refractivity contribution >= 4 is 18.5 Å². The molecule has 0 radical (unpaired) electrons. The Kier molecular flexibility index (Phi) is 15.4. The molecule has 1 unspecified atom stereocenters. The fraction of sp³-hybridized carbons (Fsp3) is 1.00. The van der Waals surface area contributed by atoms with Crippen LogP contribution in [-0.4, -0.2) is 12.3 Å². The molecule has 0 aromatic heterocycles. The van der Waals surface area contributed by atoms with E-state index < -0.39 is 0 Å². The highest BCUT2D eigenvalue weighted by atomic mass is 31.1. The summed E-state index contributed by atoms with van der Waals surface area (Å²) in [6, 6.07) is 0. The summed E-state index contributed by atoms with van der Waals surface area (Å²) in [7, 11) is 1.20. The van der Waals surface area contributed by atoms with Gasteiger partial charge < -0.3 is 0 Å². The molecule has 0 amide bonds. The fourth-order valence-corrected chi connectivity index (χ4v) is 0.750. The van der Waals surface area contributed by atoms with Gasteiger partial charge in [-0.2, -0.15) is 9.90 Å². The van der Waals surface area contributed by atoms with Crippen molar-refractivity contribution < 1.29 is 0 Å². The molecule has 0 heterocycles. The molecule has 2 heteroatoms. The lowest BCUT2D eigenvalue weighted by Crippen LogP contribution is -1.59. The van der Waals surface area contributed by atoms with Gasteiger partial charge in [-0.05, 0) is 12.3 Å². The molecule has 0 aromatic rings. The molecule has 6 heavy (non-hydrogen) atoms. The van der Waals surface area contributed by atoms with Crippen molar-refractivity contribution in [3.63, 3.8) is 0 Å². The van der Waals surface area contributed by atoms with Crippen LogP contribution in [0.3, 0.4) is 0 Å². The van der Waals surface area contributed by atoms with Crippen LogP contribution >= 0.6 is 18.5 Å². The van der Waals surface area contributed by atoms with Crippen LogP contribution in [0.1, 0.15) is 13.8 Å². The molecular weight excluding hydrogens is 110 g/mol. The lowest BCUT2D eigenvalue weighted by molar-refractivity contribution is 1.44. The minimum Gasteiger partial charge on any atom is -0.153 e. The summed E-state index contributed by atoms with van der Waals surface area (Å²) >= 11 is 0. The molecule has 0 N–H and O–H groups in total. The zero-order valence-electron chi connectivity index (χ0n) is 4.62. The average molecular weight is 124 g/mol. The Hall–Kier alpha value is 0.860. The summed E-state index contributed by atoms with van der Waals surface area (Å²) in [6.45, 7) is 4.45. The van der Waals surface area contributed by atoms with Crippen LogP contribution in [0.2, 0.25) is 0 Å². The molecule has 0 saturated carbocycles. The first-order valence-corrected chi connectivity index (χ1v) is 3.54. The summed E-state index contributed by atoms with van der Waals surface area (Å²) in [6.07, 6.45) is 2.74. The van der Waals surface area contributed by atoms with Crippen molar-refractivity contribution in [2.45, 2.75) is 13.8 Å². The van der Waals surface area contributed by atoms with Crippen molar-refractivity contribution in [2.24, 2.45) is 0 Å². The average Bonchev–Trinajstić information content (AvgIpc) is 1.41. The van der Waals surface area contributed by atoms with Crippen LogP contribution in [0, 0.1) is 0 Å². The highest BCUT2D eigenvalue weighted by Gasteiger charge is 1.66. The van der Waals surface area contributed by atoms with Gasteiger partial charge >= 0.3 is 0 Å². The SMILES string of the molecule is CCPCC.P. The van der Waals surface area contributed by atoms with Gasteiger partial charge in [0.25, 0.3) is 0 Å². The predicted octanol–water partition coefficient (Wildman–Crippen LogP) is 1.76. The topological polar surface area (TPSA) is 0 Å². The zero-order chi connectivity index (χ0) is 4.12. The summed E-state index contributed by atoms with van der Waals surface area (Å²) in [5, 5.41) is 0. The van der Waals surface area contributed by atoms with Crippen molar-refractivity contribution in [3.8, 4) is 0 Å². The second-order valence-electron chi connectivity index (χ2n) is 0.957. The number of rotatable bonds is 2. The normalized spacial score (nSPS) is 7.00. The Balaban J connectivity index is 0. The van der Waals surface area contributed by atoms with E-state index in [-0.39, 0.29) is 9.90 Å². The molecule has 0 bridgehead atoms. The molecule has 0 aliphatic carbocycles. The van der Waals surface area contributed by atoms with Crippen molar-refractivity contribution in [2.75, 3.05) is 12.3 Å². The quantitative estimate of drug-likeness (QED) is 0.492.